The number of urea groups is 1. The van der Waals surface area contributed by atoms with E-state index >= 15 is 0 Å². The molecule has 2 amide bonds. The molecule has 0 saturated carbocycles. The zero-order chi connectivity index (χ0) is 13.8. The van der Waals surface area contributed by atoms with Gasteiger partial charge in [-0.25, -0.2) is 4.79 Å². The highest BCUT2D eigenvalue weighted by Crippen LogP contribution is 2.35. The number of hydrogen-bond acceptors (Lipinski definition) is 3. The smallest absolute Gasteiger partial charge is 0.319 e. The molecule has 2 N–H and O–H groups in total. The van der Waals surface area contributed by atoms with Gasteiger partial charge in [-0.2, -0.15) is 11.8 Å². The highest BCUT2D eigenvalue weighted by molar-refractivity contribution is 8.02. The minimum absolute atomic E-state index is 0.116. The van der Waals surface area contributed by atoms with E-state index in [4.69, 9.17) is 18.0 Å². The Balaban J connectivity index is 2.63. The SMILES string of the molecule is CCN(CC)C(=O)N1CCC(SC)(C(N)=S)CC1. The Hall–Kier alpha value is -0.490. The van der Waals surface area contributed by atoms with Crippen molar-refractivity contribution in [3.63, 3.8) is 0 Å². The number of rotatable bonds is 4. The van der Waals surface area contributed by atoms with Gasteiger partial charge in [0.25, 0.3) is 0 Å². The standard InChI is InChI=1S/C12H23N3OS2/c1-4-14(5-2)11(16)15-8-6-12(18-3,7-9-15)10(13)17/h4-9H2,1-3H3,(H2,13,17). The van der Waals surface area contributed by atoms with Gasteiger partial charge in [0.05, 0.1) is 9.74 Å². The molecule has 104 valence electrons. The lowest BCUT2D eigenvalue weighted by Crippen LogP contribution is -2.53. The first-order valence-corrected chi connectivity index (χ1v) is 8.03. The van der Waals surface area contributed by atoms with Crippen LogP contribution in [0, 0.1) is 0 Å². The van der Waals surface area contributed by atoms with E-state index in [0.717, 1.165) is 39.0 Å². The second kappa shape index (κ2) is 6.61. The molecule has 0 atom stereocenters. The molecular formula is C12H23N3OS2. The number of likely N-dealkylation sites (tertiary alicyclic amines) is 1. The highest BCUT2D eigenvalue weighted by Gasteiger charge is 2.38. The second-order valence-corrected chi connectivity index (χ2v) is 6.13. The lowest BCUT2D eigenvalue weighted by Gasteiger charge is -2.41. The molecule has 0 spiro atoms. The van der Waals surface area contributed by atoms with Gasteiger partial charge >= 0.3 is 6.03 Å². The Morgan fingerprint density at radius 1 is 1.39 bits per heavy atom. The summed E-state index contributed by atoms with van der Waals surface area (Å²) in [7, 11) is 0. The Morgan fingerprint density at radius 3 is 2.22 bits per heavy atom. The number of nitrogens with zero attached hydrogens (tertiary/aromatic N) is 2. The van der Waals surface area contributed by atoms with Gasteiger partial charge in [-0.05, 0) is 32.9 Å². The highest BCUT2D eigenvalue weighted by atomic mass is 32.2. The second-order valence-electron chi connectivity index (χ2n) is 4.50. The van der Waals surface area contributed by atoms with Crippen LogP contribution in [0.25, 0.3) is 0 Å². The number of piperidine rings is 1. The Bertz CT molecular complexity index is 310. The van der Waals surface area contributed by atoms with E-state index in [1.165, 1.54) is 0 Å². The third-order valence-corrected chi connectivity index (χ3v) is 5.64. The van der Waals surface area contributed by atoms with Crippen LogP contribution < -0.4 is 5.73 Å². The van der Waals surface area contributed by atoms with Crippen molar-refractivity contribution < 1.29 is 4.79 Å². The third kappa shape index (κ3) is 3.09. The van der Waals surface area contributed by atoms with Crippen molar-refractivity contribution in [2.75, 3.05) is 32.4 Å². The molecule has 0 unspecified atom stereocenters. The van der Waals surface area contributed by atoms with Gasteiger partial charge in [0, 0.05) is 26.2 Å². The molecule has 0 aromatic rings. The number of thioether (sulfide) groups is 1. The summed E-state index contributed by atoms with van der Waals surface area (Å²) in [6.45, 7) is 7.02. The minimum atomic E-state index is -0.116. The summed E-state index contributed by atoms with van der Waals surface area (Å²) in [5.74, 6) is 0. The van der Waals surface area contributed by atoms with E-state index in [2.05, 4.69) is 0 Å². The van der Waals surface area contributed by atoms with Crippen LogP contribution in [0.5, 0.6) is 0 Å². The fourth-order valence-electron chi connectivity index (χ4n) is 2.30. The number of hydrogen-bond donors (Lipinski definition) is 1. The molecule has 18 heavy (non-hydrogen) atoms. The Morgan fingerprint density at radius 2 is 1.89 bits per heavy atom. The molecule has 1 rings (SSSR count). The fraction of sp³-hybridized carbons (Fsp3) is 0.833. The van der Waals surface area contributed by atoms with E-state index in [1.54, 1.807) is 11.8 Å². The number of carbonyl (C=O) groups excluding carboxylic acids is 1. The van der Waals surface area contributed by atoms with E-state index in [-0.39, 0.29) is 10.8 Å². The summed E-state index contributed by atoms with van der Waals surface area (Å²) in [4.78, 5) is 16.6. The number of carbonyl (C=O) groups is 1. The quantitative estimate of drug-likeness (QED) is 0.804. The molecule has 0 aliphatic carbocycles. The summed E-state index contributed by atoms with van der Waals surface area (Å²) in [5.41, 5.74) is 5.84. The van der Waals surface area contributed by atoms with Crippen molar-refractivity contribution in [1.82, 2.24) is 9.80 Å². The first-order chi connectivity index (χ1) is 8.50. The van der Waals surface area contributed by atoms with E-state index < -0.39 is 0 Å². The lowest BCUT2D eigenvalue weighted by atomic mass is 9.96. The molecule has 0 aromatic carbocycles. The van der Waals surface area contributed by atoms with Gasteiger partial charge < -0.3 is 15.5 Å². The van der Waals surface area contributed by atoms with Crippen molar-refractivity contribution in [1.29, 1.82) is 0 Å². The molecule has 4 nitrogen and oxygen atoms in total. The Labute approximate surface area is 119 Å². The molecular weight excluding hydrogens is 266 g/mol. The molecule has 0 radical (unpaired) electrons. The summed E-state index contributed by atoms with van der Waals surface area (Å²) in [6, 6.07) is 0.137. The first kappa shape index (κ1) is 15.6. The Kier molecular flexibility index (Phi) is 5.72. The van der Waals surface area contributed by atoms with Crippen LogP contribution in [0.2, 0.25) is 0 Å². The molecule has 1 heterocycles. The van der Waals surface area contributed by atoms with Crippen molar-refractivity contribution >= 4 is 35.0 Å². The molecule has 6 heteroatoms. The number of thiocarbonyl (C=S) groups is 1. The van der Waals surface area contributed by atoms with Gasteiger partial charge in [0.1, 0.15) is 0 Å². The van der Waals surface area contributed by atoms with Gasteiger partial charge in [0.15, 0.2) is 0 Å². The fourth-order valence-corrected chi connectivity index (χ4v) is 3.55. The third-order valence-electron chi connectivity index (χ3n) is 3.72. The average Bonchev–Trinajstić information content (AvgIpc) is 2.39. The molecule has 1 aliphatic rings. The predicted molar refractivity (Wildman–Crippen MR) is 82.2 cm³/mol. The largest absolute Gasteiger partial charge is 0.392 e. The van der Waals surface area contributed by atoms with E-state index in [9.17, 15) is 4.79 Å². The van der Waals surface area contributed by atoms with Crippen LogP contribution in [-0.4, -0.2) is 58.0 Å². The van der Waals surface area contributed by atoms with Crippen molar-refractivity contribution in [2.45, 2.75) is 31.4 Å². The normalized spacial score (nSPS) is 18.5. The lowest BCUT2D eigenvalue weighted by molar-refractivity contribution is 0.146. The summed E-state index contributed by atoms with van der Waals surface area (Å²) >= 11 is 6.89. The molecule has 1 saturated heterocycles. The maximum Gasteiger partial charge on any atom is 0.319 e. The van der Waals surface area contributed by atoms with Gasteiger partial charge in [-0.15, -0.1) is 0 Å². The molecule has 0 bridgehead atoms. The van der Waals surface area contributed by atoms with Gasteiger partial charge in [-0.3, -0.25) is 0 Å². The molecule has 1 fully saturated rings. The number of nitrogens with two attached hydrogens (primary N) is 1. The molecule has 0 aromatic heterocycles. The summed E-state index contributed by atoms with van der Waals surface area (Å²) in [5, 5.41) is 0. The first-order valence-electron chi connectivity index (χ1n) is 6.39. The van der Waals surface area contributed by atoms with Crippen LogP contribution in [0.3, 0.4) is 0 Å². The van der Waals surface area contributed by atoms with Crippen molar-refractivity contribution in [2.24, 2.45) is 5.73 Å². The summed E-state index contributed by atoms with van der Waals surface area (Å²) < 4.78 is -0.116. The topological polar surface area (TPSA) is 49.6 Å². The summed E-state index contributed by atoms with van der Waals surface area (Å²) in [6.07, 6.45) is 3.76. The van der Waals surface area contributed by atoms with Crippen LogP contribution in [0.15, 0.2) is 0 Å². The average molecular weight is 289 g/mol. The number of amides is 2. The van der Waals surface area contributed by atoms with Crippen LogP contribution >= 0.6 is 24.0 Å². The van der Waals surface area contributed by atoms with Crippen molar-refractivity contribution in [3.8, 4) is 0 Å². The zero-order valence-electron chi connectivity index (χ0n) is 11.4. The monoisotopic (exact) mass is 289 g/mol. The van der Waals surface area contributed by atoms with Gasteiger partial charge in [0.2, 0.25) is 0 Å². The van der Waals surface area contributed by atoms with Crippen molar-refractivity contribution in [3.05, 3.63) is 0 Å². The van der Waals surface area contributed by atoms with E-state index in [0.29, 0.717) is 4.99 Å². The van der Waals surface area contributed by atoms with Crippen LogP contribution in [0.4, 0.5) is 4.79 Å². The van der Waals surface area contributed by atoms with Crippen LogP contribution in [-0.2, 0) is 0 Å². The maximum absolute atomic E-state index is 12.2. The van der Waals surface area contributed by atoms with Gasteiger partial charge in [-0.1, -0.05) is 12.2 Å². The maximum atomic E-state index is 12.2. The molecule has 1 aliphatic heterocycles. The van der Waals surface area contributed by atoms with Crippen LogP contribution in [0.1, 0.15) is 26.7 Å². The predicted octanol–water partition coefficient (Wildman–Crippen LogP) is 1.93. The van der Waals surface area contributed by atoms with E-state index in [1.807, 2.05) is 29.9 Å². The zero-order valence-corrected chi connectivity index (χ0v) is 13.1. The minimum Gasteiger partial charge on any atom is -0.392 e.